The molecule has 7 nitrogen and oxygen atoms in total. The normalized spacial score (nSPS) is 25.1. The first-order valence-corrected chi connectivity index (χ1v) is 10.1. The molecular weight excluding hydrogens is 420 g/mol. The van der Waals surface area contributed by atoms with Crippen molar-refractivity contribution in [2.24, 2.45) is 11.7 Å². The van der Waals surface area contributed by atoms with Crippen LogP contribution in [-0.2, 0) is 9.53 Å². The van der Waals surface area contributed by atoms with E-state index >= 15 is 0 Å². The Kier molecular flexibility index (Phi) is 5.40. The molecule has 1 saturated heterocycles. The number of nitrogens with one attached hydrogen (secondary N) is 1. The third-order valence-electron chi connectivity index (χ3n) is 6.18. The van der Waals surface area contributed by atoms with Crippen molar-refractivity contribution in [3.05, 3.63) is 29.7 Å². The first-order valence-electron chi connectivity index (χ1n) is 10.1. The van der Waals surface area contributed by atoms with Gasteiger partial charge in [0.2, 0.25) is 0 Å². The van der Waals surface area contributed by atoms with Crippen LogP contribution in [0, 0.1) is 11.7 Å². The number of aromatic nitrogens is 2. The topological polar surface area (TPSA) is 99.2 Å². The summed E-state index contributed by atoms with van der Waals surface area (Å²) in [6, 6.07) is 1.73. The summed E-state index contributed by atoms with van der Waals surface area (Å²) < 4.78 is 59.2. The highest BCUT2D eigenvalue weighted by Gasteiger charge is 2.53. The highest BCUT2D eigenvalue weighted by atomic mass is 19.4. The SMILES string of the molecule is NC(=O)c1cc(F)cc2cn(C3CNC(OC(=O)C(F)(F)F)(C4CCCCC4)C3)nc12. The summed E-state index contributed by atoms with van der Waals surface area (Å²) in [6.45, 7) is 0.198. The van der Waals surface area contributed by atoms with Crippen LogP contribution in [-0.4, -0.2) is 40.1 Å². The van der Waals surface area contributed by atoms with E-state index in [2.05, 4.69) is 10.4 Å². The second-order valence-corrected chi connectivity index (χ2v) is 8.22. The number of fused-ring (bicyclic) bond motifs is 1. The smallest absolute Gasteiger partial charge is 0.437 e. The standard InChI is InChI=1S/C20H22F4N4O3/c21-13-6-11-10-28(27-16(11)15(7-13)17(25)29)14-8-19(26-9-14,12-4-2-1-3-5-12)31-18(30)20(22,23)24/h6-7,10,12,14,26H,1-5,8-9H2,(H2,25,29). The van der Waals surface area contributed by atoms with E-state index in [1.165, 1.54) is 16.9 Å². The van der Waals surface area contributed by atoms with Crippen LogP contribution in [0.3, 0.4) is 0 Å². The molecule has 2 fully saturated rings. The Hall–Kier alpha value is -2.69. The maximum absolute atomic E-state index is 13.8. The van der Waals surface area contributed by atoms with E-state index in [-0.39, 0.29) is 30.0 Å². The van der Waals surface area contributed by atoms with Crippen molar-refractivity contribution in [3.63, 3.8) is 0 Å². The lowest BCUT2D eigenvalue weighted by atomic mass is 9.80. The lowest BCUT2D eigenvalue weighted by molar-refractivity contribution is -0.222. The molecule has 11 heteroatoms. The fraction of sp³-hybridized carbons (Fsp3) is 0.550. The molecule has 1 amide bonds. The van der Waals surface area contributed by atoms with Gasteiger partial charge in [-0.15, -0.1) is 0 Å². The van der Waals surface area contributed by atoms with Gasteiger partial charge >= 0.3 is 12.1 Å². The summed E-state index contributed by atoms with van der Waals surface area (Å²) in [4.78, 5) is 23.4. The molecule has 4 rings (SSSR count). The second kappa shape index (κ2) is 7.77. The minimum atomic E-state index is -5.10. The van der Waals surface area contributed by atoms with Gasteiger partial charge in [0, 0.05) is 30.5 Å². The number of nitrogens with two attached hydrogens (primary N) is 1. The van der Waals surface area contributed by atoms with Gasteiger partial charge in [0.05, 0.1) is 11.6 Å². The summed E-state index contributed by atoms with van der Waals surface area (Å²) in [5, 5.41) is 7.70. The number of esters is 1. The van der Waals surface area contributed by atoms with Crippen molar-refractivity contribution >= 4 is 22.8 Å². The van der Waals surface area contributed by atoms with Gasteiger partial charge in [-0.25, -0.2) is 9.18 Å². The van der Waals surface area contributed by atoms with Crippen LogP contribution < -0.4 is 11.1 Å². The van der Waals surface area contributed by atoms with Crippen molar-refractivity contribution in [1.29, 1.82) is 0 Å². The molecule has 1 aliphatic carbocycles. The molecule has 1 saturated carbocycles. The first-order chi connectivity index (χ1) is 14.6. The van der Waals surface area contributed by atoms with Crippen LogP contribution in [0.5, 0.6) is 0 Å². The molecule has 2 atom stereocenters. The third kappa shape index (κ3) is 4.10. The summed E-state index contributed by atoms with van der Waals surface area (Å²) in [5.74, 6) is -3.98. The third-order valence-corrected chi connectivity index (χ3v) is 6.18. The minimum absolute atomic E-state index is 0.0713. The predicted octanol–water partition coefficient (Wildman–Crippen LogP) is 3.19. The number of benzene rings is 1. The minimum Gasteiger partial charge on any atom is -0.437 e. The lowest BCUT2D eigenvalue weighted by Crippen LogP contribution is -2.53. The Labute approximate surface area is 174 Å². The number of carbonyl (C=O) groups excluding carboxylic acids is 2. The highest BCUT2D eigenvalue weighted by molar-refractivity contribution is 6.04. The van der Waals surface area contributed by atoms with Crippen LogP contribution in [0.25, 0.3) is 10.9 Å². The zero-order valence-electron chi connectivity index (χ0n) is 16.5. The van der Waals surface area contributed by atoms with Gasteiger partial charge in [0.25, 0.3) is 5.91 Å². The first kappa shape index (κ1) is 21.5. The molecule has 1 aliphatic heterocycles. The van der Waals surface area contributed by atoms with E-state index in [0.717, 1.165) is 25.3 Å². The lowest BCUT2D eigenvalue weighted by Gasteiger charge is -2.39. The van der Waals surface area contributed by atoms with Crippen molar-refractivity contribution in [2.75, 3.05) is 6.54 Å². The van der Waals surface area contributed by atoms with E-state index in [0.29, 0.717) is 18.2 Å². The Balaban J connectivity index is 1.66. The molecule has 168 valence electrons. The molecule has 1 aromatic heterocycles. The van der Waals surface area contributed by atoms with Gasteiger partial charge in [-0.05, 0) is 25.0 Å². The van der Waals surface area contributed by atoms with Crippen LogP contribution in [0.2, 0.25) is 0 Å². The number of halogens is 4. The number of rotatable bonds is 4. The number of carbonyl (C=O) groups is 2. The number of hydrogen-bond donors (Lipinski definition) is 2. The summed E-state index contributed by atoms with van der Waals surface area (Å²) >= 11 is 0. The zero-order valence-corrected chi connectivity index (χ0v) is 16.5. The van der Waals surface area contributed by atoms with Crippen LogP contribution >= 0.6 is 0 Å². The molecule has 2 aromatic rings. The largest absolute Gasteiger partial charge is 0.490 e. The Morgan fingerprint density at radius 3 is 2.58 bits per heavy atom. The van der Waals surface area contributed by atoms with E-state index < -0.39 is 35.6 Å². The maximum Gasteiger partial charge on any atom is 0.490 e. The quantitative estimate of drug-likeness (QED) is 0.560. The Bertz CT molecular complexity index is 1020. The van der Waals surface area contributed by atoms with Gasteiger partial charge in [0.15, 0.2) is 5.72 Å². The van der Waals surface area contributed by atoms with E-state index in [9.17, 15) is 27.2 Å². The Morgan fingerprint density at radius 1 is 1.23 bits per heavy atom. The van der Waals surface area contributed by atoms with Crippen LogP contribution in [0.4, 0.5) is 17.6 Å². The molecule has 2 unspecified atom stereocenters. The zero-order chi connectivity index (χ0) is 22.4. The van der Waals surface area contributed by atoms with Crippen molar-refractivity contribution < 1.29 is 31.9 Å². The van der Waals surface area contributed by atoms with E-state index in [1.807, 2.05) is 0 Å². The summed E-state index contributed by atoms with van der Waals surface area (Å²) in [6.07, 6.45) is 0.434. The molecule has 31 heavy (non-hydrogen) atoms. The number of alkyl halides is 3. The summed E-state index contributed by atoms with van der Waals surface area (Å²) in [5.41, 5.74) is 3.97. The molecule has 0 spiro atoms. The molecular formula is C20H22F4N4O3. The molecule has 0 radical (unpaired) electrons. The number of amides is 1. The number of ether oxygens (including phenoxy) is 1. The van der Waals surface area contributed by atoms with Gasteiger partial charge in [-0.2, -0.15) is 18.3 Å². The molecule has 3 N–H and O–H groups in total. The van der Waals surface area contributed by atoms with Gasteiger partial charge in [-0.3, -0.25) is 14.8 Å². The van der Waals surface area contributed by atoms with Crippen LogP contribution in [0.15, 0.2) is 18.3 Å². The highest BCUT2D eigenvalue weighted by Crippen LogP contribution is 2.43. The molecule has 2 aliphatic rings. The number of hydrogen-bond acceptors (Lipinski definition) is 5. The van der Waals surface area contributed by atoms with Crippen molar-refractivity contribution in [1.82, 2.24) is 15.1 Å². The fourth-order valence-corrected chi connectivity index (χ4v) is 4.73. The van der Waals surface area contributed by atoms with E-state index in [4.69, 9.17) is 10.5 Å². The monoisotopic (exact) mass is 442 g/mol. The molecule has 1 aromatic carbocycles. The van der Waals surface area contributed by atoms with Crippen molar-refractivity contribution in [2.45, 2.75) is 56.5 Å². The molecule has 2 heterocycles. The van der Waals surface area contributed by atoms with E-state index in [1.54, 1.807) is 0 Å². The molecule has 0 bridgehead atoms. The fourth-order valence-electron chi connectivity index (χ4n) is 4.73. The maximum atomic E-state index is 13.8. The van der Waals surface area contributed by atoms with Crippen molar-refractivity contribution in [3.8, 4) is 0 Å². The van der Waals surface area contributed by atoms with Gasteiger partial charge in [0.1, 0.15) is 11.3 Å². The Morgan fingerprint density at radius 2 is 1.94 bits per heavy atom. The predicted molar refractivity (Wildman–Crippen MR) is 101 cm³/mol. The number of nitrogens with zero attached hydrogens (tertiary/aromatic N) is 2. The second-order valence-electron chi connectivity index (χ2n) is 8.22. The van der Waals surface area contributed by atoms with Gasteiger partial charge in [-0.1, -0.05) is 19.3 Å². The van der Waals surface area contributed by atoms with Crippen LogP contribution in [0.1, 0.15) is 54.9 Å². The van der Waals surface area contributed by atoms with Gasteiger partial charge < -0.3 is 10.5 Å². The average molecular weight is 442 g/mol. The summed E-state index contributed by atoms with van der Waals surface area (Å²) in [7, 11) is 0. The average Bonchev–Trinajstić information content (AvgIpc) is 3.32. The number of primary amides is 1.